The second-order valence-electron chi connectivity index (χ2n) is 8.00. The average molecular weight is 450 g/mol. The fraction of sp³-hybridized carbons (Fsp3) is 0.320. The van der Waals surface area contributed by atoms with Gasteiger partial charge in [0.05, 0.1) is 18.0 Å². The summed E-state index contributed by atoms with van der Waals surface area (Å²) in [6.45, 7) is 0.908. The lowest BCUT2D eigenvalue weighted by Crippen LogP contribution is -2.24. The van der Waals surface area contributed by atoms with Crippen molar-refractivity contribution in [3.8, 4) is 5.75 Å². The van der Waals surface area contributed by atoms with Gasteiger partial charge >= 0.3 is 0 Å². The third-order valence-electron chi connectivity index (χ3n) is 5.92. The maximum absolute atomic E-state index is 13.0. The second kappa shape index (κ2) is 9.96. The van der Waals surface area contributed by atoms with E-state index in [0.29, 0.717) is 34.3 Å². The predicted octanol–water partition coefficient (Wildman–Crippen LogP) is 4.89. The molecule has 0 bridgehead atoms. The molecule has 1 aliphatic carbocycles. The van der Waals surface area contributed by atoms with Crippen molar-refractivity contribution >= 4 is 29.0 Å². The molecule has 0 fully saturated rings. The lowest BCUT2D eigenvalue weighted by molar-refractivity contribution is 0.0951. The molecular weight excluding hydrogens is 422 g/mol. The number of ether oxygens (including phenoxy) is 1. The molecule has 0 saturated carbocycles. The lowest BCUT2D eigenvalue weighted by Gasteiger charge is -2.14. The highest BCUT2D eigenvalue weighted by Crippen LogP contribution is 2.21. The Bertz CT molecular complexity index is 1290. The first-order valence-corrected chi connectivity index (χ1v) is 11.3. The van der Waals surface area contributed by atoms with Crippen molar-refractivity contribution < 1.29 is 9.53 Å². The van der Waals surface area contributed by atoms with E-state index in [9.17, 15) is 9.59 Å². The molecule has 0 atom stereocenters. The number of carbonyl (C=O) groups excluding carboxylic acids is 1. The molecule has 0 aliphatic heterocycles. The van der Waals surface area contributed by atoms with Crippen LogP contribution in [0.5, 0.6) is 5.75 Å². The molecule has 32 heavy (non-hydrogen) atoms. The van der Waals surface area contributed by atoms with Gasteiger partial charge < -0.3 is 15.0 Å². The molecule has 0 saturated heterocycles. The van der Waals surface area contributed by atoms with Crippen molar-refractivity contribution in [2.45, 2.75) is 45.2 Å². The summed E-state index contributed by atoms with van der Waals surface area (Å²) in [5, 5.41) is 3.43. The van der Waals surface area contributed by atoms with Crippen molar-refractivity contribution in [2.75, 3.05) is 7.11 Å². The fourth-order valence-electron chi connectivity index (χ4n) is 4.11. The number of nitrogens with zero attached hydrogens (tertiary/aromatic N) is 1. The van der Waals surface area contributed by atoms with E-state index in [1.807, 2.05) is 24.3 Å². The van der Waals surface area contributed by atoms with Gasteiger partial charge in [0.1, 0.15) is 5.75 Å². The Morgan fingerprint density at radius 2 is 2.06 bits per heavy atom. The standard InChI is InChI=1S/C25H27N3O3S/c1-31-22-10-6-5-9-19(22)16-26-23(29)18-11-12-20-21(15-18)27-25(32)28(24(20)30)14-13-17-7-3-2-4-8-17/h5-7,9-12,15H,2-4,8,13-14,16H2,1H3,(H,26,29)(H,27,32). The van der Waals surface area contributed by atoms with Crippen LogP contribution in [0.1, 0.15) is 48.0 Å². The van der Waals surface area contributed by atoms with Crippen molar-refractivity contribution in [2.24, 2.45) is 0 Å². The Morgan fingerprint density at radius 3 is 2.84 bits per heavy atom. The first kappa shape index (κ1) is 22.0. The summed E-state index contributed by atoms with van der Waals surface area (Å²) in [4.78, 5) is 28.9. The Labute approximate surface area is 191 Å². The first-order chi connectivity index (χ1) is 15.6. The minimum absolute atomic E-state index is 0.124. The van der Waals surface area contributed by atoms with Crippen LogP contribution in [-0.2, 0) is 13.1 Å². The molecule has 1 amide bonds. The number of fused-ring (bicyclic) bond motifs is 1. The van der Waals surface area contributed by atoms with Gasteiger partial charge in [-0.3, -0.25) is 14.2 Å². The minimum Gasteiger partial charge on any atom is -0.496 e. The number of H-pyrrole nitrogens is 1. The van der Waals surface area contributed by atoms with Gasteiger partial charge in [-0.25, -0.2) is 0 Å². The summed E-state index contributed by atoms with van der Waals surface area (Å²) in [6, 6.07) is 12.6. The monoisotopic (exact) mass is 449 g/mol. The highest BCUT2D eigenvalue weighted by molar-refractivity contribution is 7.71. The van der Waals surface area contributed by atoms with Crippen LogP contribution in [0.4, 0.5) is 0 Å². The van der Waals surface area contributed by atoms with E-state index in [-0.39, 0.29) is 11.5 Å². The number of aromatic amines is 1. The number of rotatable bonds is 7. The third-order valence-corrected chi connectivity index (χ3v) is 6.24. The van der Waals surface area contributed by atoms with E-state index in [1.54, 1.807) is 29.9 Å². The van der Waals surface area contributed by atoms with Crippen LogP contribution < -0.4 is 15.6 Å². The Morgan fingerprint density at radius 1 is 1.22 bits per heavy atom. The van der Waals surface area contributed by atoms with Crippen molar-refractivity contribution in [1.29, 1.82) is 0 Å². The number of benzene rings is 2. The maximum Gasteiger partial charge on any atom is 0.262 e. The van der Waals surface area contributed by atoms with Crippen LogP contribution in [0.15, 0.2) is 58.9 Å². The summed E-state index contributed by atoms with van der Waals surface area (Å²) in [6.07, 6.45) is 7.81. The van der Waals surface area contributed by atoms with Crippen LogP contribution in [0, 0.1) is 4.77 Å². The van der Waals surface area contributed by atoms with Gasteiger partial charge in [0.25, 0.3) is 11.5 Å². The molecule has 7 heteroatoms. The minimum atomic E-state index is -0.231. The van der Waals surface area contributed by atoms with Crippen molar-refractivity contribution in [1.82, 2.24) is 14.9 Å². The third kappa shape index (κ3) is 4.83. The zero-order valence-electron chi connectivity index (χ0n) is 18.1. The number of amides is 1. The summed E-state index contributed by atoms with van der Waals surface area (Å²) in [5.41, 5.74) is 3.20. The van der Waals surface area contributed by atoms with Gasteiger partial charge in [0, 0.05) is 24.2 Å². The van der Waals surface area contributed by atoms with Crippen LogP contribution in [0.25, 0.3) is 10.9 Å². The Hall–Kier alpha value is -3.19. The summed E-state index contributed by atoms with van der Waals surface area (Å²) >= 11 is 5.46. The average Bonchev–Trinajstić information content (AvgIpc) is 2.82. The molecule has 3 aromatic rings. The number of carbonyl (C=O) groups is 1. The van der Waals surface area contributed by atoms with E-state index in [0.717, 1.165) is 30.6 Å². The molecule has 1 heterocycles. The normalized spacial score (nSPS) is 13.6. The molecule has 1 aliphatic rings. The molecule has 0 spiro atoms. The van der Waals surface area contributed by atoms with E-state index < -0.39 is 0 Å². The molecule has 0 radical (unpaired) electrons. The van der Waals surface area contributed by atoms with Crippen LogP contribution in [0.3, 0.4) is 0 Å². The van der Waals surface area contributed by atoms with Crippen LogP contribution >= 0.6 is 12.2 Å². The smallest absolute Gasteiger partial charge is 0.262 e. The highest BCUT2D eigenvalue weighted by Gasteiger charge is 2.12. The van der Waals surface area contributed by atoms with Gasteiger partial charge in [-0.2, -0.15) is 0 Å². The van der Waals surface area contributed by atoms with Gasteiger partial charge in [0.15, 0.2) is 4.77 Å². The SMILES string of the molecule is COc1ccccc1CNC(=O)c1ccc2c(=O)n(CCC3=CCCCC3)c(=S)[nH]c2c1. The van der Waals surface area contributed by atoms with E-state index in [1.165, 1.54) is 18.4 Å². The molecule has 166 valence electrons. The zero-order chi connectivity index (χ0) is 22.5. The summed E-state index contributed by atoms with van der Waals surface area (Å²) < 4.78 is 7.33. The van der Waals surface area contributed by atoms with E-state index >= 15 is 0 Å². The topological polar surface area (TPSA) is 76.1 Å². The van der Waals surface area contributed by atoms with Gasteiger partial charge in [-0.05, 0) is 68.6 Å². The van der Waals surface area contributed by atoms with Crippen LogP contribution in [-0.4, -0.2) is 22.6 Å². The number of nitrogens with one attached hydrogen (secondary N) is 2. The number of allylic oxidation sites excluding steroid dienone is 2. The largest absolute Gasteiger partial charge is 0.496 e. The van der Waals surface area contributed by atoms with Gasteiger partial charge in [0.2, 0.25) is 0 Å². The van der Waals surface area contributed by atoms with Crippen molar-refractivity contribution in [3.63, 3.8) is 0 Å². The second-order valence-corrected chi connectivity index (χ2v) is 8.39. The number of methoxy groups -OCH3 is 1. The Balaban J connectivity index is 1.52. The van der Waals surface area contributed by atoms with Crippen LogP contribution in [0.2, 0.25) is 0 Å². The molecule has 2 aromatic carbocycles. The predicted molar refractivity (Wildman–Crippen MR) is 129 cm³/mol. The number of hydrogen-bond donors (Lipinski definition) is 2. The summed E-state index contributed by atoms with van der Waals surface area (Å²) in [5.74, 6) is 0.491. The molecule has 1 aromatic heterocycles. The quantitative estimate of drug-likeness (QED) is 0.398. The van der Waals surface area contributed by atoms with Gasteiger partial charge in [-0.15, -0.1) is 0 Å². The Kier molecular flexibility index (Phi) is 6.85. The zero-order valence-corrected chi connectivity index (χ0v) is 19.0. The molecule has 0 unspecified atom stereocenters. The first-order valence-electron chi connectivity index (χ1n) is 10.9. The maximum atomic E-state index is 13.0. The summed E-state index contributed by atoms with van der Waals surface area (Å²) in [7, 11) is 1.60. The van der Waals surface area contributed by atoms with Gasteiger partial charge in [-0.1, -0.05) is 29.8 Å². The van der Waals surface area contributed by atoms with E-state index in [4.69, 9.17) is 17.0 Å². The molecule has 6 nitrogen and oxygen atoms in total. The highest BCUT2D eigenvalue weighted by atomic mass is 32.1. The molecular formula is C25H27N3O3S. The van der Waals surface area contributed by atoms with E-state index in [2.05, 4.69) is 16.4 Å². The number of aromatic nitrogens is 2. The number of para-hydroxylation sites is 1. The molecule has 4 rings (SSSR count). The fourth-order valence-corrected chi connectivity index (χ4v) is 4.40. The lowest BCUT2D eigenvalue weighted by atomic mass is 9.97. The molecule has 2 N–H and O–H groups in total. The number of hydrogen-bond acceptors (Lipinski definition) is 4. The van der Waals surface area contributed by atoms with Crippen molar-refractivity contribution in [3.05, 3.63) is 80.4 Å².